The van der Waals surface area contributed by atoms with Gasteiger partial charge in [-0.3, -0.25) is 0 Å². The molecule has 0 bridgehead atoms. The number of carbonyl (C=O) groups is 1. The van der Waals surface area contributed by atoms with Crippen molar-refractivity contribution in [1.82, 2.24) is 0 Å². The van der Waals surface area contributed by atoms with Crippen LogP contribution in [0, 0.1) is 16.7 Å². The van der Waals surface area contributed by atoms with E-state index in [-0.39, 0.29) is 17.4 Å². The third kappa shape index (κ3) is 2.59. The smallest absolute Gasteiger partial charge is 0.404 e. The summed E-state index contributed by atoms with van der Waals surface area (Å²) in [5, 5.41) is 9.76. The lowest BCUT2D eigenvalue weighted by Crippen LogP contribution is -2.32. The molecule has 2 atom stereocenters. The number of nitrogens with zero attached hydrogens (tertiary/aromatic N) is 1. The van der Waals surface area contributed by atoms with Gasteiger partial charge in [-0.1, -0.05) is 32.4 Å². The molecule has 106 valence electrons. The summed E-state index contributed by atoms with van der Waals surface area (Å²) < 4.78 is 5.26. The SMILES string of the molecule is CC(C)(C)[C@H]1c2cc(Cl)cc(C#N)c2CC1OC(N)=O. The first-order chi connectivity index (χ1) is 9.24. The molecule has 0 radical (unpaired) electrons. The molecule has 1 aliphatic rings. The largest absolute Gasteiger partial charge is 0.445 e. The van der Waals surface area contributed by atoms with Gasteiger partial charge in [0.25, 0.3) is 0 Å². The Hall–Kier alpha value is -1.73. The van der Waals surface area contributed by atoms with Crippen LogP contribution < -0.4 is 5.73 Å². The molecule has 1 aromatic rings. The van der Waals surface area contributed by atoms with Crippen LogP contribution in [-0.4, -0.2) is 12.2 Å². The van der Waals surface area contributed by atoms with Gasteiger partial charge >= 0.3 is 6.09 Å². The fraction of sp³-hybridized carbons (Fsp3) is 0.467. The predicted octanol–water partition coefficient (Wildman–Crippen LogP) is 3.36. The first-order valence-corrected chi connectivity index (χ1v) is 6.80. The van der Waals surface area contributed by atoms with E-state index >= 15 is 0 Å². The van der Waals surface area contributed by atoms with E-state index in [2.05, 4.69) is 26.8 Å². The normalized spacial score (nSPS) is 21.1. The topological polar surface area (TPSA) is 76.1 Å². The number of rotatable bonds is 1. The number of amides is 1. The number of hydrogen-bond acceptors (Lipinski definition) is 3. The fourth-order valence-electron chi connectivity index (χ4n) is 3.07. The minimum atomic E-state index is -0.790. The van der Waals surface area contributed by atoms with E-state index in [4.69, 9.17) is 22.1 Å². The van der Waals surface area contributed by atoms with Crippen molar-refractivity contribution in [3.8, 4) is 6.07 Å². The predicted molar refractivity (Wildman–Crippen MR) is 76.5 cm³/mol. The minimum Gasteiger partial charge on any atom is -0.445 e. The third-order valence-corrected chi connectivity index (χ3v) is 3.90. The lowest BCUT2D eigenvalue weighted by atomic mass is 9.76. The molecule has 1 amide bonds. The lowest BCUT2D eigenvalue weighted by molar-refractivity contribution is 0.0685. The van der Waals surface area contributed by atoms with Crippen molar-refractivity contribution in [1.29, 1.82) is 5.26 Å². The maximum absolute atomic E-state index is 11.1. The molecular formula is C15H17ClN2O2. The van der Waals surface area contributed by atoms with Crippen LogP contribution >= 0.6 is 11.6 Å². The van der Waals surface area contributed by atoms with Crippen molar-refractivity contribution >= 4 is 17.7 Å². The van der Waals surface area contributed by atoms with Crippen LogP contribution in [-0.2, 0) is 11.2 Å². The van der Waals surface area contributed by atoms with Crippen LogP contribution in [0.4, 0.5) is 4.79 Å². The van der Waals surface area contributed by atoms with Crippen LogP contribution in [0.25, 0.3) is 0 Å². The highest BCUT2D eigenvalue weighted by Gasteiger charge is 2.43. The van der Waals surface area contributed by atoms with Crippen molar-refractivity contribution in [2.45, 2.75) is 39.2 Å². The summed E-state index contributed by atoms with van der Waals surface area (Å²) in [6.45, 7) is 6.20. The Balaban J connectivity index is 2.56. The van der Waals surface area contributed by atoms with Crippen LogP contribution in [0.2, 0.25) is 5.02 Å². The van der Waals surface area contributed by atoms with Gasteiger partial charge in [-0.2, -0.15) is 5.26 Å². The summed E-state index contributed by atoms with van der Waals surface area (Å²) in [7, 11) is 0. The molecule has 1 aromatic carbocycles. The van der Waals surface area contributed by atoms with E-state index in [0.717, 1.165) is 11.1 Å². The number of ether oxygens (including phenoxy) is 1. The van der Waals surface area contributed by atoms with Crippen molar-refractivity contribution in [3.05, 3.63) is 33.8 Å². The van der Waals surface area contributed by atoms with Gasteiger partial charge in [0.1, 0.15) is 6.10 Å². The molecule has 0 aliphatic heterocycles. The number of hydrogen-bond donors (Lipinski definition) is 1. The van der Waals surface area contributed by atoms with Crippen molar-refractivity contribution in [3.63, 3.8) is 0 Å². The monoisotopic (exact) mass is 292 g/mol. The Bertz CT molecular complexity index is 599. The molecule has 0 spiro atoms. The summed E-state index contributed by atoms with van der Waals surface area (Å²) in [6, 6.07) is 5.66. The molecule has 20 heavy (non-hydrogen) atoms. The van der Waals surface area contributed by atoms with E-state index in [1.807, 2.05) is 6.07 Å². The quantitative estimate of drug-likeness (QED) is 0.862. The summed E-state index contributed by atoms with van der Waals surface area (Å²) in [6.07, 6.45) is -0.644. The number of fused-ring (bicyclic) bond motifs is 1. The Kier molecular flexibility index (Phi) is 3.66. The highest BCUT2D eigenvalue weighted by Crippen LogP contribution is 2.47. The molecule has 0 heterocycles. The zero-order valence-corrected chi connectivity index (χ0v) is 12.5. The second-order valence-corrected chi connectivity index (χ2v) is 6.59. The molecular weight excluding hydrogens is 276 g/mol. The molecule has 0 aromatic heterocycles. The summed E-state index contributed by atoms with van der Waals surface area (Å²) in [4.78, 5) is 11.1. The zero-order chi connectivity index (χ0) is 15.1. The molecule has 5 heteroatoms. The highest BCUT2D eigenvalue weighted by molar-refractivity contribution is 6.30. The second-order valence-electron chi connectivity index (χ2n) is 6.16. The number of halogens is 1. The van der Waals surface area contributed by atoms with Gasteiger partial charge in [0, 0.05) is 17.4 Å². The molecule has 2 rings (SSSR count). The maximum Gasteiger partial charge on any atom is 0.404 e. The summed E-state index contributed by atoms with van der Waals surface area (Å²) in [5.74, 6) is -0.0317. The van der Waals surface area contributed by atoms with Crippen LogP contribution in [0.1, 0.15) is 43.4 Å². The maximum atomic E-state index is 11.1. The molecule has 0 saturated heterocycles. The summed E-state index contributed by atoms with van der Waals surface area (Å²) in [5.41, 5.74) is 7.45. The molecule has 0 fully saturated rings. The third-order valence-electron chi connectivity index (χ3n) is 3.68. The average Bonchev–Trinajstić information content (AvgIpc) is 2.64. The number of benzene rings is 1. The van der Waals surface area contributed by atoms with Crippen LogP contribution in [0.3, 0.4) is 0 Å². The molecule has 4 nitrogen and oxygen atoms in total. The first kappa shape index (κ1) is 14.7. The zero-order valence-electron chi connectivity index (χ0n) is 11.7. The highest BCUT2D eigenvalue weighted by atomic mass is 35.5. The standard InChI is InChI=1S/C15H17ClN2O2/c1-15(2,3)13-11-5-9(16)4-8(7-17)10(11)6-12(13)20-14(18)19/h4-5,12-13H,6H2,1-3H3,(H2,18,19)/t12?,13-/m0/s1. The molecule has 2 N–H and O–H groups in total. The second kappa shape index (κ2) is 4.99. The van der Waals surface area contributed by atoms with Gasteiger partial charge in [-0.05, 0) is 28.7 Å². The number of nitriles is 1. The van der Waals surface area contributed by atoms with Crippen molar-refractivity contribution in [2.24, 2.45) is 11.1 Å². The average molecular weight is 293 g/mol. The van der Waals surface area contributed by atoms with Crippen molar-refractivity contribution < 1.29 is 9.53 Å². The molecule has 1 unspecified atom stereocenters. The van der Waals surface area contributed by atoms with E-state index in [1.54, 1.807) is 6.07 Å². The Morgan fingerprint density at radius 1 is 1.50 bits per heavy atom. The molecule has 1 aliphatic carbocycles. The van der Waals surface area contributed by atoms with E-state index in [0.29, 0.717) is 17.0 Å². The Morgan fingerprint density at radius 2 is 2.15 bits per heavy atom. The number of carbonyl (C=O) groups excluding carboxylic acids is 1. The van der Waals surface area contributed by atoms with E-state index in [1.165, 1.54) is 0 Å². The van der Waals surface area contributed by atoms with Crippen LogP contribution in [0.5, 0.6) is 0 Å². The van der Waals surface area contributed by atoms with Crippen LogP contribution in [0.15, 0.2) is 12.1 Å². The van der Waals surface area contributed by atoms with Gasteiger partial charge in [0.05, 0.1) is 11.6 Å². The summed E-state index contributed by atoms with van der Waals surface area (Å²) >= 11 is 6.09. The van der Waals surface area contributed by atoms with Gasteiger partial charge in [0.15, 0.2) is 0 Å². The number of nitrogens with two attached hydrogens (primary N) is 1. The molecule has 0 saturated carbocycles. The van der Waals surface area contributed by atoms with Gasteiger partial charge in [-0.25, -0.2) is 4.79 Å². The fourth-order valence-corrected chi connectivity index (χ4v) is 3.29. The first-order valence-electron chi connectivity index (χ1n) is 6.42. The van der Waals surface area contributed by atoms with Gasteiger partial charge in [0.2, 0.25) is 0 Å². The van der Waals surface area contributed by atoms with E-state index in [9.17, 15) is 10.1 Å². The van der Waals surface area contributed by atoms with Gasteiger partial charge < -0.3 is 10.5 Å². The van der Waals surface area contributed by atoms with Crippen molar-refractivity contribution in [2.75, 3.05) is 0 Å². The number of primary amides is 1. The lowest BCUT2D eigenvalue weighted by Gasteiger charge is -2.32. The Morgan fingerprint density at radius 3 is 2.65 bits per heavy atom. The Labute approximate surface area is 123 Å². The van der Waals surface area contributed by atoms with E-state index < -0.39 is 6.09 Å². The van der Waals surface area contributed by atoms with Gasteiger partial charge in [-0.15, -0.1) is 0 Å². The minimum absolute atomic E-state index is 0.0317.